The fourth-order valence-corrected chi connectivity index (χ4v) is 7.51. The van der Waals surface area contributed by atoms with Crippen molar-refractivity contribution in [3.63, 3.8) is 0 Å². The molecule has 2 amide bonds. The van der Waals surface area contributed by atoms with Gasteiger partial charge in [-0.05, 0) is 74.5 Å². The molecular weight excluding hydrogens is 616 g/mol. The molecule has 0 radical (unpaired) electrons. The Balaban J connectivity index is 1.02. The molecule has 12 nitrogen and oxygen atoms in total. The SMILES string of the molecule is Cn1cc(-c2ccc(N(C(=O)NCc3ccccc3)C3CCC(Nc4ncc(C#N)c(N5CCC6(CCOCC6)CC5)n4)CC3)nc2)cn1. The number of amides is 2. The predicted molar refractivity (Wildman–Crippen MR) is 188 cm³/mol. The normalized spacial score (nSPS) is 20.4. The van der Waals surface area contributed by atoms with Crippen LogP contribution in [0.1, 0.15) is 62.5 Å². The van der Waals surface area contributed by atoms with Crippen molar-refractivity contribution in [2.75, 3.05) is 41.4 Å². The summed E-state index contributed by atoms with van der Waals surface area (Å²) in [5.74, 6) is 1.89. The second kappa shape index (κ2) is 14.6. The number of nitriles is 1. The van der Waals surface area contributed by atoms with Crippen LogP contribution in [-0.2, 0) is 18.3 Å². The maximum absolute atomic E-state index is 13.8. The molecule has 3 aliphatic rings. The molecule has 0 bridgehead atoms. The van der Waals surface area contributed by atoms with E-state index >= 15 is 0 Å². The number of pyridine rings is 1. The van der Waals surface area contributed by atoms with Crippen molar-refractivity contribution in [1.29, 1.82) is 5.26 Å². The molecule has 5 heterocycles. The fraction of sp³-hybridized carbons (Fsp3) is 0.459. The van der Waals surface area contributed by atoms with Crippen molar-refractivity contribution in [2.24, 2.45) is 12.5 Å². The minimum Gasteiger partial charge on any atom is -0.381 e. The molecular formula is C37H44N10O2. The number of urea groups is 1. The Morgan fingerprint density at radius 2 is 1.76 bits per heavy atom. The highest BCUT2D eigenvalue weighted by Gasteiger charge is 2.37. The summed E-state index contributed by atoms with van der Waals surface area (Å²) in [5, 5.41) is 20.8. The molecule has 4 aromatic rings. The lowest BCUT2D eigenvalue weighted by Crippen LogP contribution is -2.49. The van der Waals surface area contributed by atoms with E-state index in [0.29, 0.717) is 29.3 Å². The summed E-state index contributed by atoms with van der Waals surface area (Å²) in [4.78, 5) is 32.0. The number of piperidine rings is 1. The average molecular weight is 661 g/mol. The number of nitrogens with one attached hydrogen (secondary N) is 2. The van der Waals surface area contributed by atoms with Gasteiger partial charge in [-0.25, -0.2) is 14.8 Å². The summed E-state index contributed by atoms with van der Waals surface area (Å²) in [7, 11) is 1.89. The first-order chi connectivity index (χ1) is 24.0. The standard InChI is InChI=1S/C37H44N10O2/c1-45-26-30(25-42-45)28-7-12-33(39-23-28)47(36(48)41-22-27-5-3-2-4-6-27)32-10-8-31(9-11-32)43-35-40-24-29(21-38)34(44-35)46-17-13-37(14-18-46)15-19-49-20-16-37/h2-7,12,23-26,31-32H,8-11,13-20,22H2,1H3,(H,41,48)(H,40,43,44). The van der Waals surface area contributed by atoms with Gasteiger partial charge >= 0.3 is 6.03 Å². The van der Waals surface area contributed by atoms with Crippen molar-refractivity contribution in [2.45, 2.75) is 70.0 Å². The Labute approximate surface area is 287 Å². The second-order valence-electron chi connectivity index (χ2n) is 13.6. The molecule has 1 spiro atoms. The monoisotopic (exact) mass is 660 g/mol. The van der Waals surface area contributed by atoms with Gasteiger partial charge in [0.05, 0.1) is 12.4 Å². The highest BCUT2D eigenvalue weighted by atomic mass is 16.5. The Kier molecular flexibility index (Phi) is 9.70. The lowest BCUT2D eigenvalue weighted by molar-refractivity contribution is 0.00205. The van der Waals surface area contributed by atoms with Crippen LogP contribution in [0.25, 0.3) is 11.1 Å². The summed E-state index contributed by atoms with van der Waals surface area (Å²) in [5.41, 5.74) is 3.83. The van der Waals surface area contributed by atoms with E-state index in [2.05, 4.69) is 31.7 Å². The van der Waals surface area contributed by atoms with Gasteiger partial charge in [0.2, 0.25) is 5.95 Å². The average Bonchev–Trinajstić information content (AvgIpc) is 3.59. The Morgan fingerprint density at radius 1 is 0.980 bits per heavy atom. The summed E-state index contributed by atoms with van der Waals surface area (Å²) >= 11 is 0. The van der Waals surface area contributed by atoms with Gasteiger partial charge in [0.1, 0.15) is 17.5 Å². The van der Waals surface area contributed by atoms with Crippen LogP contribution in [0.2, 0.25) is 0 Å². The molecule has 12 heteroatoms. The molecule has 3 aromatic heterocycles. The molecule has 2 N–H and O–H groups in total. The quantitative estimate of drug-likeness (QED) is 0.245. The van der Waals surface area contributed by atoms with Crippen LogP contribution in [0.3, 0.4) is 0 Å². The van der Waals surface area contributed by atoms with Crippen molar-refractivity contribution >= 4 is 23.6 Å². The van der Waals surface area contributed by atoms with Crippen LogP contribution in [0, 0.1) is 16.7 Å². The fourth-order valence-electron chi connectivity index (χ4n) is 7.51. The zero-order chi connectivity index (χ0) is 33.6. The van der Waals surface area contributed by atoms with E-state index < -0.39 is 0 Å². The Hall–Kier alpha value is -5.02. The third kappa shape index (κ3) is 7.52. The van der Waals surface area contributed by atoms with Crippen LogP contribution in [-0.4, -0.2) is 69.2 Å². The summed E-state index contributed by atoms with van der Waals surface area (Å²) in [6, 6.07) is 16.1. The second-order valence-corrected chi connectivity index (χ2v) is 13.6. The molecule has 7 rings (SSSR count). The van der Waals surface area contributed by atoms with Crippen molar-refractivity contribution in [1.82, 2.24) is 30.0 Å². The van der Waals surface area contributed by atoms with Crippen molar-refractivity contribution in [3.8, 4) is 17.2 Å². The number of anilines is 3. The van der Waals surface area contributed by atoms with E-state index in [0.717, 1.165) is 100 Å². The summed E-state index contributed by atoms with van der Waals surface area (Å²) in [6.45, 7) is 3.90. The number of hydrogen-bond donors (Lipinski definition) is 2. The molecule has 254 valence electrons. The zero-order valence-electron chi connectivity index (χ0n) is 28.1. The number of carbonyl (C=O) groups is 1. The van der Waals surface area contributed by atoms with Crippen LogP contribution in [0.15, 0.2) is 67.3 Å². The molecule has 3 fully saturated rings. The smallest absolute Gasteiger partial charge is 0.323 e. The minimum atomic E-state index is -0.161. The number of rotatable bonds is 8. The van der Waals surface area contributed by atoms with Gasteiger partial charge in [0.15, 0.2) is 5.82 Å². The summed E-state index contributed by atoms with van der Waals surface area (Å²) in [6.07, 6.45) is 14.9. The van der Waals surface area contributed by atoms with Crippen molar-refractivity contribution < 1.29 is 9.53 Å². The van der Waals surface area contributed by atoms with E-state index in [1.165, 1.54) is 0 Å². The van der Waals surface area contributed by atoms with Gasteiger partial charge in [-0.3, -0.25) is 9.58 Å². The van der Waals surface area contributed by atoms with Crippen LogP contribution in [0.5, 0.6) is 0 Å². The van der Waals surface area contributed by atoms with Crippen LogP contribution < -0.4 is 20.4 Å². The van der Waals surface area contributed by atoms with Gasteiger partial charge < -0.3 is 20.3 Å². The maximum Gasteiger partial charge on any atom is 0.323 e. The maximum atomic E-state index is 13.8. The molecule has 0 atom stereocenters. The molecule has 1 aromatic carbocycles. The Bertz CT molecular complexity index is 1750. The van der Waals surface area contributed by atoms with Crippen molar-refractivity contribution in [3.05, 3.63) is 78.4 Å². The molecule has 0 unspecified atom stereocenters. The van der Waals surface area contributed by atoms with E-state index in [1.807, 2.05) is 73.0 Å². The first-order valence-corrected chi connectivity index (χ1v) is 17.4. The topological polar surface area (TPSA) is 137 Å². The lowest BCUT2D eigenvalue weighted by atomic mass is 9.72. The van der Waals surface area contributed by atoms with E-state index in [-0.39, 0.29) is 18.1 Å². The van der Waals surface area contributed by atoms with E-state index in [1.54, 1.807) is 10.9 Å². The summed E-state index contributed by atoms with van der Waals surface area (Å²) < 4.78 is 7.38. The number of carbonyl (C=O) groups excluding carboxylic acids is 1. The van der Waals surface area contributed by atoms with E-state index in [4.69, 9.17) is 14.7 Å². The number of nitrogens with zero attached hydrogens (tertiary/aromatic N) is 8. The predicted octanol–water partition coefficient (Wildman–Crippen LogP) is 5.68. The third-order valence-electron chi connectivity index (χ3n) is 10.5. The lowest BCUT2D eigenvalue weighted by Gasteiger charge is -2.44. The van der Waals surface area contributed by atoms with E-state index in [9.17, 15) is 10.1 Å². The number of benzene rings is 1. The number of aryl methyl sites for hydroxylation is 1. The first kappa shape index (κ1) is 32.5. The number of aromatic nitrogens is 5. The minimum absolute atomic E-state index is 0.0196. The zero-order valence-corrected chi connectivity index (χ0v) is 28.1. The molecule has 1 aliphatic carbocycles. The van der Waals surface area contributed by atoms with Gasteiger partial charge in [0, 0.05) is 75.5 Å². The van der Waals surface area contributed by atoms with Gasteiger partial charge in [0.25, 0.3) is 0 Å². The third-order valence-corrected chi connectivity index (χ3v) is 10.5. The molecule has 49 heavy (non-hydrogen) atoms. The number of hydrogen-bond acceptors (Lipinski definition) is 9. The van der Waals surface area contributed by atoms with Crippen LogP contribution >= 0.6 is 0 Å². The number of ether oxygens (including phenoxy) is 1. The van der Waals surface area contributed by atoms with Gasteiger partial charge in [-0.2, -0.15) is 15.3 Å². The molecule has 1 saturated carbocycles. The largest absolute Gasteiger partial charge is 0.381 e. The first-order valence-electron chi connectivity index (χ1n) is 17.4. The van der Waals surface area contributed by atoms with Gasteiger partial charge in [-0.1, -0.05) is 30.3 Å². The highest BCUT2D eigenvalue weighted by molar-refractivity contribution is 5.91. The molecule has 2 saturated heterocycles. The highest BCUT2D eigenvalue weighted by Crippen LogP contribution is 2.41. The Morgan fingerprint density at radius 3 is 2.43 bits per heavy atom. The molecule has 2 aliphatic heterocycles. The van der Waals surface area contributed by atoms with Crippen LogP contribution in [0.4, 0.5) is 22.4 Å². The van der Waals surface area contributed by atoms with Gasteiger partial charge in [-0.15, -0.1) is 0 Å².